The number of para-hydroxylation sites is 3. The molecule has 0 radical (unpaired) electrons. The summed E-state index contributed by atoms with van der Waals surface area (Å²) in [6, 6.07) is 40.9. The van der Waals surface area contributed by atoms with Gasteiger partial charge in [-0.2, -0.15) is 0 Å². The van der Waals surface area contributed by atoms with Crippen molar-refractivity contribution in [3.8, 4) is 0 Å². The molecular weight excluding hydrogens is 581 g/mol. The van der Waals surface area contributed by atoms with Crippen LogP contribution in [0.3, 0.4) is 0 Å². The molecule has 2 heteroatoms. The van der Waals surface area contributed by atoms with Crippen LogP contribution in [-0.2, 0) is 0 Å². The summed E-state index contributed by atoms with van der Waals surface area (Å²) in [5.74, 6) is 0. The van der Waals surface area contributed by atoms with Gasteiger partial charge in [-0.25, -0.2) is 0 Å². The minimum absolute atomic E-state index is 0.995. The van der Waals surface area contributed by atoms with E-state index in [0.29, 0.717) is 0 Å². The number of allylic oxidation sites excluding steroid dienone is 13. The van der Waals surface area contributed by atoms with E-state index >= 15 is 0 Å². The molecule has 48 heavy (non-hydrogen) atoms. The average molecular weight is 623 g/mol. The van der Waals surface area contributed by atoms with E-state index < -0.39 is 0 Å². The van der Waals surface area contributed by atoms with Crippen molar-refractivity contribution >= 4 is 29.2 Å². The van der Waals surface area contributed by atoms with Crippen LogP contribution in [0.2, 0.25) is 0 Å². The van der Waals surface area contributed by atoms with E-state index in [2.05, 4.69) is 192 Å². The fraction of sp³-hybridized carbons (Fsp3) is 0.130. The van der Waals surface area contributed by atoms with Crippen molar-refractivity contribution in [2.45, 2.75) is 38.5 Å². The third kappa shape index (κ3) is 7.67. The molecular formula is C46H42N2. The monoisotopic (exact) mass is 622 g/mol. The van der Waals surface area contributed by atoms with Gasteiger partial charge in [0, 0.05) is 34.2 Å². The van der Waals surface area contributed by atoms with Crippen LogP contribution in [0.1, 0.15) is 49.7 Å². The molecule has 236 valence electrons. The van der Waals surface area contributed by atoms with Gasteiger partial charge in [0.1, 0.15) is 0 Å². The maximum Gasteiger partial charge on any atom is 0.0458 e. The van der Waals surface area contributed by atoms with Gasteiger partial charge in [0.05, 0.1) is 0 Å². The third-order valence-corrected chi connectivity index (χ3v) is 9.09. The summed E-state index contributed by atoms with van der Waals surface area (Å²) in [6.45, 7) is 0. The van der Waals surface area contributed by atoms with Crippen LogP contribution in [0.4, 0.5) is 17.1 Å². The number of benzene rings is 4. The van der Waals surface area contributed by atoms with Crippen molar-refractivity contribution in [2.75, 3.05) is 9.80 Å². The Morgan fingerprint density at radius 2 is 0.875 bits per heavy atom. The number of hydrogen-bond acceptors (Lipinski definition) is 2. The average Bonchev–Trinajstić information content (AvgIpc) is 3.17. The molecule has 0 atom stereocenters. The number of rotatable bonds is 10. The molecule has 0 aliphatic heterocycles. The Hall–Kier alpha value is -5.60. The van der Waals surface area contributed by atoms with E-state index in [1.807, 2.05) is 0 Å². The molecule has 0 heterocycles. The SMILES string of the molecule is C1=CC(N(C2=CC=C(C=Cc3ccc(C=CC4=CC=C(N(c5ccccc5)c5ccccc5)CC4)cc3)CC2)c2ccccc2)=CCC1. The summed E-state index contributed by atoms with van der Waals surface area (Å²) >= 11 is 0. The molecule has 3 aliphatic carbocycles. The quantitative estimate of drug-likeness (QED) is 0.174. The summed E-state index contributed by atoms with van der Waals surface area (Å²) < 4.78 is 0. The van der Waals surface area contributed by atoms with Gasteiger partial charge in [0.2, 0.25) is 0 Å². The van der Waals surface area contributed by atoms with Gasteiger partial charge in [-0.05, 0) is 115 Å². The summed E-state index contributed by atoms with van der Waals surface area (Å²) in [6.07, 6.45) is 31.3. The molecule has 0 aromatic heterocycles. The normalized spacial score (nSPS) is 16.2. The lowest BCUT2D eigenvalue weighted by Crippen LogP contribution is -2.22. The van der Waals surface area contributed by atoms with Crippen LogP contribution in [0.5, 0.6) is 0 Å². The van der Waals surface area contributed by atoms with Gasteiger partial charge >= 0.3 is 0 Å². The molecule has 7 rings (SSSR count). The predicted octanol–water partition coefficient (Wildman–Crippen LogP) is 12.5. The highest BCUT2D eigenvalue weighted by molar-refractivity contribution is 5.69. The van der Waals surface area contributed by atoms with Crippen LogP contribution >= 0.6 is 0 Å². The first-order valence-electron chi connectivity index (χ1n) is 17.2. The second-order valence-corrected chi connectivity index (χ2v) is 12.4. The summed E-state index contributed by atoms with van der Waals surface area (Å²) in [5, 5.41) is 0. The van der Waals surface area contributed by atoms with Crippen molar-refractivity contribution in [1.82, 2.24) is 0 Å². The Bertz CT molecular complexity index is 1890. The van der Waals surface area contributed by atoms with Crippen LogP contribution in [0.15, 0.2) is 198 Å². The lowest BCUT2D eigenvalue weighted by atomic mass is 9.98. The smallest absolute Gasteiger partial charge is 0.0458 e. The number of hydrogen-bond donors (Lipinski definition) is 0. The topological polar surface area (TPSA) is 6.48 Å². The zero-order valence-electron chi connectivity index (χ0n) is 27.5. The van der Waals surface area contributed by atoms with Gasteiger partial charge in [0.15, 0.2) is 0 Å². The Balaban J connectivity index is 0.997. The van der Waals surface area contributed by atoms with Gasteiger partial charge in [-0.3, -0.25) is 0 Å². The Morgan fingerprint density at radius 1 is 0.417 bits per heavy atom. The van der Waals surface area contributed by atoms with Crippen LogP contribution in [0.25, 0.3) is 12.2 Å². The van der Waals surface area contributed by atoms with Crippen molar-refractivity contribution in [3.63, 3.8) is 0 Å². The van der Waals surface area contributed by atoms with Gasteiger partial charge in [-0.1, -0.05) is 127 Å². The van der Waals surface area contributed by atoms with Crippen molar-refractivity contribution < 1.29 is 0 Å². The maximum atomic E-state index is 2.42. The standard InChI is InChI=1S/C46H42N2/c1-5-13-41(14-6-1)47(42-15-7-2-8-16-42)45-33-29-39(30-34-45)27-25-37-21-23-38(24-22-37)26-28-40-31-35-46(36-32-40)48(43-17-9-3-10-18-43)44-19-11-4-12-20-44/h1-3,5-11,13-29,31,33,35H,4,12,30,32,34,36H2. The van der Waals surface area contributed by atoms with E-state index in [1.165, 1.54) is 56.4 Å². The zero-order valence-corrected chi connectivity index (χ0v) is 27.5. The van der Waals surface area contributed by atoms with Crippen molar-refractivity contribution in [2.24, 2.45) is 0 Å². The third-order valence-electron chi connectivity index (χ3n) is 9.09. The second-order valence-electron chi connectivity index (χ2n) is 12.4. The summed E-state index contributed by atoms with van der Waals surface area (Å²) in [5.41, 5.74) is 12.7. The number of anilines is 3. The van der Waals surface area contributed by atoms with Crippen LogP contribution in [-0.4, -0.2) is 0 Å². The first-order chi connectivity index (χ1) is 23.8. The fourth-order valence-electron chi connectivity index (χ4n) is 6.52. The molecule has 0 N–H and O–H groups in total. The molecule has 4 aromatic carbocycles. The summed E-state index contributed by atoms with van der Waals surface area (Å²) in [4.78, 5) is 4.79. The Morgan fingerprint density at radius 3 is 1.29 bits per heavy atom. The fourth-order valence-corrected chi connectivity index (χ4v) is 6.52. The van der Waals surface area contributed by atoms with Gasteiger partial charge in [0.25, 0.3) is 0 Å². The highest BCUT2D eigenvalue weighted by Crippen LogP contribution is 2.35. The molecule has 4 aromatic rings. The molecule has 0 fully saturated rings. The second kappa shape index (κ2) is 15.3. The lowest BCUT2D eigenvalue weighted by Gasteiger charge is -2.31. The number of nitrogens with zero attached hydrogens (tertiary/aromatic N) is 2. The van der Waals surface area contributed by atoms with Crippen molar-refractivity contribution in [1.29, 1.82) is 0 Å². The Kier molecular flexibility index (Phi) is 9.91. The minimum Gasteiger partial charge on any atom is -0.315 e. The Labute approximate surface area is 286 Å². The van der Waals surface area contributed by atoms with E-state index in [0.717, 1.165) is 38.5 Å². The highest BCUT2D eigenvalue weighted by Gasteiger charge is 2.18. The molecule has 0 bridgehead atoms. The largest absolute Gasteiger partial charge is 0.315 e. The maximum absolute atomic E-state index is 2.42. The minimum atomic E-state index is 0.995. The van der Waals surface area contributed by atoms with Crippen LogP contribution in [0, 0.1) is 0 Å². The molecule has 0 saturated carbocycles. The molecule has 0 unspecified atom stereocenters. The molecule has 0 spiro atoms. The van der Waals surface area contributed by atoms with Crippen molar-refractivity contribution in [3.05, 3.63) is 209 Å². The first kappa shape index (κ1) is 31.0. The molecule has 2 nitrogen and oxygen atoms in total. The van der Waals surface area contributed by atoms with E-state index in [4.69, 9.17) is 0 Å². The van der Waals surface area contributed by atoms with E-state index in [1.54, 1.807) is 0 Å². The van der Waals surface area contributed by atoms with Gasteiger partial charge in [-0.15, -0.1) is 0 Å². The van der Waals surface area contributed by atoms with E-state index in [9.17, 15) is 0 Å². The molecule has 0 amide bonds. The predicted molar refractivity (Wildman–Crippen MR) is 206 cm³/mol. The van der Waals surface area contributed by atoms with Crippen LogP contribution < -0.4 is 9.80 Å². The van der Waals surface area contributed by atoms with Gasteiger partial charge < -0.3 is 9.80 Å². The lowest BCUT2D eigenvalue weighted by molar-refractivity contribution is 0.868. The highest BCUT2D eigenvalue weighted by atomic mass is 15.2. The molecule has 0 saturated heterocycles. The zero-order chi connectivity index (χ0) is 32.4. The van der Waals surface area contributed by atoms with E-state index in [-0.39, 0.29) is 0 Å². The first-order valence-corrected chi connectivity index (χ1v) is 17.2. The molecule has 3 aliphatic rings. The summed E-state index contributed by atoms with van der Waals surface area (Å²) in [7, 11) is 0.